The van der Waals surface area contributed by atoms with Gasteiger partial charge in [0, 0.05) is 27.6 Å². The summed E-state index contributed by atoms with van der Waals surface area (Å²) in [7, 11) is 0. The van der Waals surface area contributed by atoms with Crippen molar-refractivity contribution in [2.75, 3.05) is 11.6 Å². The van der Waals surface area contributed by atoms with Gasteiger partial charge in [0.2, 0.25) is 6.41 Å². The standard InChI is InChI=1S/C18H18N2O4S.C7H7ClO/c1-25-16-5-3-2-4-14(16)17(22)20-15(18(23)24)10-12-6-8-13(9-7-12)19-11-21;1-5-6(8)3-2-4-7(5)9/h2-9,11,15H,10H2,1H3,(H,19,21)(H,20,22)(H,23,24);2-4,9H,1H3. The van der Waals surface area contributed by atoms with Crippen LogP contribution in [-0.4, -0.2) is 40.8 Å². The van der Waals surface area contributed by atoms with Crippen LogP contribution in [0.3, 0.4) is 0 Å². The fraction of sp³-hybridized carbons (Fsp3) is 0.160. The zero-order valence-corrected chi connectivity index (χ0v) is 20.2. The van der Waals surface area contributed by atoms with Gasteiger partial charge < -0.3 is 20.8 Å². The largest absolute Gasteiger partial charge is 0.508 e. The highest BCUT2D eigenvalue weighted by molar-refractivity contribution is 7.98. The summed E-state index contributed by atoms with van der Waals surface area (Å²) in [6.45, 7) is 1.78. The third kappa shape index (κ3) is 7.83. The number of halogens is 1. The third-order valence-corrected chi connectivity index (χ3v) is 6.02. The SMILES string of the molecule is CSc1ccccc1C(=O)NC(Cc1ccc(NC=O)cc1)C(=O)O.Cc1c(O)cccc1Cl. The van der Waals surface area contributed by atoms with Gasteiger partial charge >= 0.3 is 5.97 Å². The van der Waals surface area contributed by atoms with Crippen LogP contribution in [0.15, 0.2) is 71.6 Å². The van der Waals surface area contributed by atoms with E-state index in [9.17, 15) is 19.5 Å². The second kappa shape index (κ2) is 13.3. The number of phenolic OH excluding ortho intramolecular Hbond substituents is 1. The van der Waals surface area contributed by atoms with Gasteiger partial charge in [-0.3, -0.25) is 9.59 Å². The number of carbonyl (C=O) groups is 3. The fourth-order valence-electron chi connectivity index (χ4n) is 2.91. The number of anilines is 1. The Bertz CT molecular complexity index is 1120. The molecule has 3 aromatic carbocycles. The van der Waals surface area contributed by atoms with E-state index in [4.69, 9.17) is 16.7 Å². The van der Waals surface area contributed by atoms with Crippen molar-refractivity contribution in [3.05, 3.63) is 88.4 Å². The lowest BCUT2D eigenvalue weighted by molar-refractivity contribution is -0.139. The summed E-state index contributed by atoms with van der Waals surface area (Å²) in [5.74, 6) is -1.27. The van der Waals surface area contributed by atoms with Crippen molar-refractivity contribution in [3.63, 3.8) is 0 Å². The number of carbonyl (C=O) groups excluding carboxylic acids is 2. The number of amides is 2. The van der Waals surface area contributed by atoms with Crippen LogP contribution in [0.2, 0.25) is 5.02 Å². The van der Waals surface area contributed by atoms with E-state index in [0.717, 1.165) is 16.0 Å². The summed E-state index contributed by atoms with van der Waals surface area (Å²) in [6.07, 6.45) is 2.57. The monoisotopic (exact) mass is 500 g/mol. The molecule has 7 nitrogen and oxygen atoms in total. The topological polar surface area (TPSA) is 116 Å². The van der Waals surface area contributed by atoms with Crippen LogP contribution in [-0.2, 0) is 16.0 Å². The third-order valence-electron chi connectivity index (χ3n) is 4.81. The van der Waals surface area contributed by atoms with Gasteiger partial charge in [0.1, 0.15) is 11.8 Å². The Kier molecular flexibility index (Phi) is 10.4. The van der Waals surface area contributed by atoms with Crippen molar-refractivity contribution in [2.45, 2.75) is 24.3 Å². The highest BCUT2D eigenvalue weighted by atomic mass is 35.5. The number of hydrogen-bond acceptors (Lipinski definition) is 5. The first-order valence-corrected chi connectivity index (χ1v) is 11.8. The molecule has 4 N–H and O–H groups in total. The first kappa shape index (κ1) is 26.8. The molecule has 34 heavy (non-hydrogen) atoms. The van der Waals surface area contributed by atoms with Gasteiger partial charge in [-0.05, 0) is 55.1 Å². The fourth-order valence-corrected chi connectivity index (χ4v) is 3.67. The van der Waals surface area contributed by atoms with Crippen molar-refractivity contribution >= 4 is 47.3 Å². The lowest BCUT2D eigenvalue weighted by Crippen LogP contribution is -2.42. The van der Waals surface area contributed by atoms with Crippen molar-refractivity contribution < 1.29 is 24.6 Å². The molecule has 1 unspecified atom stereocenters. The molecule has 0 aliphatic carbocycles. The minimum absolute atomic E-state index is 0.143. The van der Waals surface area contributed by atoms with E-state index in [1.807, 2.05) is 18.4 Å². The lowest BCUT2D eigenvalue weighted by atomic mass is 10.0. The Morgan fingerprint density at radius 3 is 2.29 bits per heavy atom. The Balaban J connectivity index is 0.000000379. The number of thioether (sulfide) groups is 1. The minimum Gasteiger partial charge on any atom is -0.508 e. The summed E-state index contributed by atoms with van der Waals surface area (Å²) in [6, 6.07) is 17.8. The van der Waals surface area contributed by atoms with Crippen molar-refractivity contribution in [2.24, 2.45) is 0 Å². The Morgan fingerprint density at radius 1 is 1.06 bits per heavy atom. The number of nitrogens with one attached hydrogen (secondary N) is 2. The molecule has 0 saturated carbocycles. The van der Waals surface area contributed by atoms with Gasteiger partial charge in [-0.15, -0.1) is 11.8 Å². The molecule has 9 heteroatoms. The van der Waals surface area contributed by atoms with Gasteiger partial charge in [0.15, 0.2) is 0 Å². The van der Waals surface area contributed by atoms with Crippen LogP contribution in [0.5, 0.6) is 5.75 Å². The number of aromatic hydroxyl groups is 1. The molecule has 2 amide bonds. The molecule has 3 aromatic rings. The molecule has 0 radical (unpaired) electrons. The van der Waals surface area contributed by atoms with Crippen LogP contribution < -0.4 is 10.6 Å². The molecule has 1 atom stereocenters. The van der Waals surface area contributed by atoms with Gasteiger partial charge in [-0.25, -0.2) is 4.79 Å². The van der Waals surface area contributed by atoms with Crippen LogP contribution in [0.1, 0.15) is 21.5 Å². The number of hydrogen-bond donors (Lipinski definition) is 4. The molecule has 0 aromatic heterocycles. The van der Waals surface area contributed by atoms with Crippen molar-refractivity contribution in [1.82, 2.24) is 5.32 Å². The number of carboxylic acid groups (broad SMARTS) is 1. The summed E-state index contributed by atoms with van der Waals surface area (Å²) in [4.78, 5) is 35.1. The Morgan fingerprint density at radius 2 is 1.74 bits per heavy atom. The van der Waals surface area contributed by atoms with E-state index >= 15 is 0 Å². The lowest BCUT2D eigenvalue weighted by Gasteiger charge is -2.16. The van der Waals surface area contributed by atoms with E-state index in [-0.39, 0.29) is 12.2 Å². The van der Waals surface area contributed by atoms with Crippen molar-refractivity contribution in [3.8, 4) is 5.75 Å². The van der Waals surface area contributed by atoms with Crippen LogP contribution in [0.25, 0.3) is 0 Å². The van der Waals surface area contributed by atoms with Gasteiger partial charge in [0.05, 0.1) is 5.56 Å². The van der Waals surface area contributed by atoms with E-state index in [2.05, 4.69) is 10.6 Å². The Labute approximate surface area is 207 Å². The average Bonchev–Trinajstić information content (AvgIpc) is 2.83. The number of rotatable bonds is 8. The Hall–Kier alpha value is -3.49. The molecule has 0 heterocycles. The molecular formula is C25H25ClN2O5S. The zero-order chi connectivity index (χ0) is 25.1. The molecule has 0 aliphatic heterocycles. The second-order valence-corrected chi connectivity index (χ2v) is 8.37. The molecule has 3 rings (SSSR count). The quantitative estimate of drug-likeness (QED) is 0.262. The molecular weight excluding hydrogens is 476 g/mol. The second-order valence-electron chi connectivity index (χ2n) is 7.11. The summed E-state index contributed by atoms with van der Waals surface area (Å²) in [5.41, 5.74) is 2.54. The summed E-state index contributed by atoms with van der Waals surface area (Å²) >= 11 is 7.08. The van der Waals surface area contributed by atoms with Gasteiger partial charge in [-0.1, -0.05) is 41.9 Å². The number of carboxylic acids is 1. The highest BCUT2D eigenvalue weighted by Gasteiger charge is 2.22. The molecule has 0 bridgehead atoms. The molecule has 178 valence electrons. The normalized spacial score (nSPS) is 10.9. The number of aliphatic carboxylic acids is 1. The smallest absolute Gasteiger partial charge is 0.326 e. The van der Waals surface area contributed by atoms with Crippen LogP contribution >= 0.6 is 23.4 Å². The summed E-state index contributed by atoms with van der Waals surface area (Å²) in [5, 5.41) is 24.1. The first-order chi connectivity index (χ1) is 16.3. The van der Waals surface area contributed by atoms with Crippen molar-refractivity contribution in [1.29, 1.82) is 0 Å². The molecule has 0 aliphatic rings. The van der Waals surface area contributed by atoms with E-state index < -0.39 is 17.9 Å². The maximum absolute atomic E-state index is 12.4. The van der Waals surface area contributed by atoms with Crippen LogP contribution in [0.4, 0.5) is 5.69 Å². The van der Waals surface area contributed by atoms with Gasteiger partial charge in [0.25, 0.3) is 5.91 Å². The highest BCUT2D eigenvalue weighted by Crippen LogP contribution is 2.23. The maximum Gasteiger partial charge on any atom is 0.326 e. The molecule has 0 saturated heterocycles. The van der Waals surface area contributed by atoms with Crippen LogP contribution in [0, 0.1) is 6.92 Å². The zero-order valence-electron chi connectivity index (χ0n) is 18.6. The average molecular weight is 501 g/mol. The van der Waals surface area contributed by atoms with E-state index in [1.54, 1.807) is 61.5 Å². The minimum atomic E-state index is -1.11. The number of benzene rings is 3. The van der Waals surface area contributed by atoms with E-state index in [1.165, 1.54) is 11.8 Å². The van der Waals surface area contributed by atoms with Gasteiger partial charge in [-0.2, -0.15) is 0 Å². The van der Waals surface area contributed by atoms with E-state index in [0.29, 0.717) is 22.7 Å². The maximum atomic E-state index is 12.4. The molecule has 0 fully saturated rings. The predicted molar refractivity (Wildman–Crippen MR) is 135 cm³/mol. The summed E-state index contributed by atoms with van der Waals surface area (Å²) < 4.78 is 0. The first-order valence-electron chi connectivity index (χ1n) is 10.2. The molecule has 0 spiro atoms. The predicted octanol–water partition coefficient (Wildman–Crippen LogP) is 4.76. The number of phenols is 1.